The van der Waals surface area contributed by atoms with Gasteiger partial charge in [-0.25, -0.2) is 4.98 Å². The molecule has 3 rings (SSSR count). The Hall–Kier alpha value is -2.49. The number of rotatable bonds is 7. The van der Waals surface area contributed by atoms with E-state index in [-0.39, 0.29) is 11.6 Å². The monoisotopic (exact) mass is 416 g/mol. The molecule has 7 nitrogen and oxygen atoms in total. The summed E-state index contributed by atoms with van der Waals surface area (Å²) in [4.78, 5) is 33.0. The molecule has 146 valence electrons. The fourth-order valence-electron chi connectivity index (χ4n) is 2.66. The molecule has 28 heavy (non-hydrogen) atoms. The van der Waals surface area contributed by atoms with E-state index in [1.807, 2.05) is 43.5 Å². The van der Waals surface area contributed by atoms with E-state index >= 15 is 0 Å². The number of benzene rings is 2. The first-order chi connectivity index (χ1) is 13.4. The van der Waals surface area contributed by atoms with E-state index in [1.54, 1.807) is 16.7 Å². The molecule has 2 aromatic carbocycles. The van der Waals surface area contributed by atoms with Gasteiger partial charge in [-0.1, -0.05) is 17.4 Å². The molecule has 9 heteroatoms. The number of nitro groups is 1. The first-order valence-corrected chi connectivity index (χ1v) is 10.6. The number of para-hydroxylation sites is 1. The third-order valence-electron chi connectivity index (χ3n) is 4.16. The number of likely N-dealkylation sites (N-methyl/N-ethyl adjacent to an activating group) is 1. The molecule has 0 saturated carbocycles. The number of non-ortho nitro benzene ring substituents is 1. The van der Waals surface area contributed by atoms with Gasteiger partial charge in [-0.15, -0.1) is 11.8 Å². The van der Waals surface area contributed by atoms with Crippen molar-refractivity contribution in [2.24, 2.45) is 0 Å². The normalized spacial score (nSPS) is 11.1. The molecule has 0 saturated heterocycles. The van der Waals surface area contributed by atoms with Crippen molar-refractivity contribution in [1.29, 1.82) is 0 Å². The number of carbonyl (C=O) groups excluding carboxylic acids is 1. The minimum atomic E-state index is -0.477. The molecule has 0 unspecified atom stereocenters. The van der Waals surface area contributed by atoms with Crippen molar-refractivity contribution in [1.82, 2.24) is 9.88 Å². The second-order valence-corrected chi connectivity index (χ2v) is 8.22. The van der Waals surface area contributed by atoms with Gasteiger partial charge in [0.2, 0.25) is 0 Å². The Morgan fingerprint density at radius 3 is 2.50 bits per heavy atom. The quantitative estimate of drug-likeness (QED) is 0.327. The molecule has 1 amide bonds. The molecule has 0 bridgehead atoms. The minimum Gasteiger partial charge on any atom is -0.308 e. The van der Waals surface area contributed by atoms with Crippen LogP contribution in [0.25, 0.3) is 10.2 Å². The van der Waals surface area contributed by atoms with Gasteiger partial charge < -0.3 is 4.90 Å². The van der Waals surface area contributed by atoms with Gasteiger partial charge in [0.25, 0.3) is 11.6 Å². The summed E-state index contributed by atoms with van der Waals surface area (Å²) in [7, 11) is 3.89. The van der Waals surface area contributed by atoms with E-state index in [2.05, 4.69) is 0 Å². The summed E-state index contributed by atoms with van der Waals surface area (Å²) in [6.07, 6.45) is 2.00. The molecule has 1 aromatic heterocycles. The maximum atomic E-state index is 13.2. The predicted molar refractivity (Wildman–Crippen MR) is 115 cm³/mol. The van der Waals surface area contributed by atoms with Crippen LogP contribution in [0, 0.1) is 10.1 Å². The molecule has 3 aromatic rings. The lowest BCUT2D eigenvalue weighted by Crippen LogP contribution is -2.36. The number of hydrogen-bond donors (Lipinski definition) is 0. The molecule has 0 fully saturated rings. The number of anilines is 1. The molecular formula is C19H20N4O3S2. The first kappa shape index (κ1) is 20.2. The van der Waals surface area contributed by atoms with Crippen molar-refractivity contribution in [3.63, 3.8) is 0 Å². The Kier molecular flexibility index (Phi) is 6.28. The average Bonchev–Trinajstić information content (AvgIpc) is 3.11. The summed E-state index contributed by atoms with van der Waals surface area (Å²) >= 11 is 3.09. The van der Waals surface area contributed by atoms with E-state index in [9.17, 15) is 14.9 Å². The fourth-order valence-corrected chi connectivity index (χ4v) is 4.30. The second kappa shape index (κ2) is 8.68. The van der Waals surface area contributed by atoms with Crippen LogP contribution in [-0.4, -0.2) is 54.2 Å². The Labute approximate surface area is 171 Å². The van der Waals surface area contributed by atoms with Crippen LogP contribution in [-0.2, 0) is 0 Å². The Morgan fingerprint density at radius 1 is 1.18 bits per heavy atom. The Balaban J connectivity index is 1.98. The molecule has 0 aliphatic rings. The van der Waals surface area contributed by atoms with Crippen molar-refractivity contribution < 1.29 is 9.72 Å². The molecule has 0 spiro atoms. The number of thiazole rings is 1. The molecule has 0 aliphatic carbocycles. The van der Waals surface area contributed by atoms with Crippen LogP contribution in [0.15, 0.2) is 47.4 Å². The lowest BCUT2D eigenvalue weighted by Gasteiger charge is -2.22. The topological polar surface area (TPSA) is 79.6 Å². The van der Waals surface area contributed by atoms with Crippen LogP contribution >= 0.6 is 23.1 Å². The number of hydrogen-bond acceptors (Lipinski definition) is 7. The van der Waals surface area contributed by atoms with Crippen molar-refractivity contribution in [2.45, 2.75) is 4.90 Å². The highest BCUT2D eigenvalue weighted by Crippen LogP contribution is 2.34. The van der Waals surface area contributed by atoms with E-state index in [0.717, 1.165) is 15.1 Å². The van der Waals surface area contributed by atoms with Gasteiger partial charge >= 0.3 is 0 Å². The largest absolute Gasteiger partial charge is 0.308 e. The zero-order valence-corrected chi connectivity index (χ0v) is 17.4. The lowest BCUT2D eigenvalue weighted by atomic mass is 10.2. The van der Waals surface area contributed by atoms with E-state index in [4.69, 9.17) is 4.98 Å². The standard InChI is InChI=1S/C19H20N4O3S2/c1-21(2)11-12-22(18(24)13-7-9-14(10-8-13)23(25)26)19-20-17-15(27-3)5-4-6-16(17)28-19/h4-10H,11-12H2,1-3H3. The van der Waals surface area contributed by atoms with Crippen molar-refractivity contribution in [3.8, 4) is 0 Å². The Morgan fingerprint density at radius 2 is 1.89 bits per heavy atom. The zero-order valence-electron chi connectivity index (χ0n) is 15.8. The molecule has 1 heterocycles. The predicted octanol–water partition coefficient (Wildman–Crippen LogP) is 4.13. The second-order valence-electron chi connectivity index (χ2n) is 6.37. The molecule has 0 atom stereocenters. The number of aromatic nitrogens is 1. The number of thioether (sulfide) groups is 1. The molecule has 0 N–H and O–H groups in total. The summed E-state index contributed by atoms with van der Waals surface area (Å²) in [5, 5.41) is 11.5. The first-order valence-electron chi connectivity index (χ1n) is 8.55. The fraction of sp³-hybridized carbons (Fsp3) is 0.263. The van der Waals surface area contributed by atoms with Crippen molar-refractivity contribution in [3.05, 3.63) is 58.1 Å². The highest BCUT2D eigenvalue weighted by Gasteiger charge is 2.22. The number of carbonyl (C=O) groups is 1. The van der Waals surface area contributed by atoms with Crippen LogP contribution in [0.5, 0.6) is 0 Å². The van der Waals surface area contributed by atoms with Crippen molar-refractivity contribution >= 4 is 50.0 Å². The minimum absolute atomic E-state index is 0.0407. The third kappa shape index (κ3) is 4.32. The molecular weight excluding hydrogens is 396 g/mol. The van der Waals surface area contributed by atoms with Crippen LogP contribution in [0.4, 0.5) is 10.8 Å². The maximum Gasteiger partial charge on any atom is 0.269 e. The number of nitro benzene ring substituents is 1. The average molecular weight is 417 g/mol. The number of amides is 1. The van der Waals surface area contributed by atoms with Gasteiger partial charge in [-0.3, -0.25) is 19.8 Å². The summed E-state index contributed by atoms with van der Waals surface area (Å²) in [5.41, 5.74) is 1.25. The lowest BCUT2D eigenvalue weighted by molar-refractivity contribution is -0.384. The SMILES string of the molecule is CSc1cccc2sc(N(CCN(C)C)C(=O)c3ccc([N+](=O)[O-])cc3)nc12. The maximum absolute atomic E-state index is 13.2. The third-order valence-corrected chi connectivity index (χ3v) is 5.98. The Bertz CT molecular complexity index is 1000. The highest BCUT2D eigenvalue weighted by atomic mass is 32.2. The van der Waals surface area contributed by atoms with Gasteiger partial charge in [0.1, 0.15) is 0 Å². The summed E-state index contributed by atoms with van der Waals surface area (Å²) < 4.78 is 1.02. The molecule has 0 radical (unpaired) electrons. The van der Waals surface area contributed by atoms with Crippen LogP contribution < -0.4 is 4.90 Å². The van der Waals surface area contributed by atoms with Gasteiger partial charge in [-0.05, 0) is 44.6 Å². The van der Waals surface area contributed by atoms with Gasteiger partial charge in [0.05, 0.1) is 15.1 Å². The number of fused-ring (bicyclic) bond motifs is 1. The van der Waals surface area contributed by atoms with E-state index < -0.39 is 4.92 Å². The summed E-state index contributed by atoms with van der Waals surface area (Å²) in [6, 6.07) is 11.7. The van der Waals surface area contributed by atoms with Crippen molar-refractivity contribution in [2.75, 3.05) is 38.3 Å². The smallest absolute Gasteiger partial charge is 0.269 e. The number of nitrogens with zero attached hydrogens (tertiary/aromatic N) is 4. The van der Waals surface area contributed by atoms with Crippen LogP contribution in [0.2, 0.25) is 0 Å². The zero-order chi connectivity index (χ0) is 20.3. The summed E-state index contributed by atoms with van der Waals surface area (Å²) in [5.74, 6) is -0.221. The highest BCUT2D eigenvalue weighted by molar-refractivity contribution is 7.98. The van der Waals surface area contributed by atoms with Crippen LogP contribution in [0.1, 0.15) is 10.4 Å². The van der Waals surface area contributed by atoms with E-state index in [1.165, 1.54) is 35.6 Å². The van der Waals surface area contributed by atoms with Crippen LogP contribution in [0.3, 0.4) is 0 Å². The van der Waals surface area contributed by atoms with E-state index in [0.29, 0.717) is 23.8 Å². The van der Waals surface area contributed by atoms with Gasteiger partial charge in [0.15, 0.2) is 5.13 Å². The van der Waals surface area contributed by atoms with Gasteiger partial charge in [-0.2, -0.15) is 0 Å². The summed E-state index contributed by atoms with van der Waals surface area (Å²) in [6.45, 7) is 1.14. The molecule has 0 aliphatic heterocycles. The van der Waals surface area contributed by atoms with Gasteiger partial charge in [0, 0.05) is 35.7 Å².